The first-order chi connectivity index (χ1) is 8.72. The SMILES string of the molecule is CCNC(c1ccc(C)cc1)c1cccnc1C. The van der Waals surface area contributed by atoms with Crippen molar-refractivity contribution in [3.05, 3.63) is 65.0 Å². The van der Waals surface area contributed by atoms with Crippen LogP contribution in [0.25, 0.3) is 0 Å². The van der Waals surface area contributed by atoms with Crippen LogP contribution in [0.5, 0.6) is 0 Å². The molecule has 2 rings (SSSR count). The number of pyridine rings is 1. The number of hydrogen-bond acceptors (Lipinski definition) is 2. The highest BCUT2D eigenvalue weighted by Crippen LogP contribution is 2.23. The Morgan fingerprint density at radius 3 is 2.44 bits per heavy atom. The highest BCUT2D eigenvalue weighted by atomic mass is 14.9. The number of nitrogens with zero attached hydrogens (tertiary/aromatic N) is 1. The molecule has 0 saturated heterocycles. The highest BCUT2D eigenvalue weighted by molar-refractivity contribution is 5.35. The lowest BCUT2D eigenvalue weighted by molar-refractivity contribution is 0.624. The summed E-state index contributed by atoms with van der Waals surface area (Å²) in [6.45, 7) is 7.25. The molecule has 2 heteroatoms. The van der Waals surface area contributed by atoms with E-state index in [1.165, 1.54) is 16.7 Å². The molecule has 18 heavy (non-hydrogen) atoms. The fourth-order valence-corrected chi connectivity index (χ4v) is 2.17. The van der Waals surface area contributed by atoms with E-state index in [0.29, 0.717) is 0 Å². The van der Waals surface area contributed by atoms with Crippen molar-refractivity contribution in [1.29, 1.82) is 0 Å². The van der Waals surface area contributed by atoms with Gasteiger partial charge in [0.15, 0.2) is 0 Å². The summed E-state index contributed by atoms with van der Waals surface area (Å²) < 4.78 is 0. The third kappa shape index (κ3) is 2.77. The molecule has 2 aromatic rings. The number of benzene rings is 1. The van der Waals surface area contributed by atoms with Gasteiger partial charge in [-0.1, -0.05) is 42.8 Å². The summed E-state index contributed by atoms with van der Waals surface area (Å²) in [6.07, 6.45) is 1.84. The molecule has 0 bridgehead atoms. The number of rotatable bonds is 4. The maximum absolute atomic E-state index is 4.39. The van der Waals surface area contributed by atoms with Crippen molar-refractivity contribution >= 4 is 0 Å². The maximum Gasteiger partial charge on any atom is 0.0594 e. The second-order valence-corrected chi connectivity index (χ2v) is 4.58. The molecule has 1 aromatic carbocycles. The first-order valence-electron chi connectivity index (χ1n) is 6.44. The summed E-state index contributed by atoms with van der Waals surface area (Å²) in [6, 6.07) is 13.1. The minimum absolute atomic E-state index is 0.226. The molecule has 0 amide bonds. The van der Waals surface area contributed by atoms with Crippen LogP contribution in [0.2, 0.25) is 0 Å². The predicted molar refractivity (Wildman–Crippen MR) is 75.7 cm³/mol. The van der Waals surface area contributed by atoms with E-state index in [9.17, 15) is 0 Å². The van der Waals surface area contributed by atoms with Gasteiger partial charge in [0, 0.05) is 11.9 Å². The Morgan fingerprint density at radius 2 is 1.83 bits per heavy atom. The van der Waals surface area contributed by atoms with E-state index in [0.717, 1.165) is 12.2 Å². The summed E-state index contributed by atoms with van der Waals surface area (Å²) in [7, 11) is 0. The van der Waals surface area contributed by atoms with Gasteiger partial charge in [0.2, 0.25) is 0 Å². The number of aryl methyl sites for hydroxylation is 2. The first-order valence-corrected chi connectivity index (χ1v) is 6.44. The standard InChI is InChI=1S/C16H20N2/c1-4-17-16(14-9-7-12(2)8-10-14)15-6-5-11-18-13(15)3/h5-11,16-17H,4H2,1-3H3. The van der Waals surface area contributed by atoms with Crippen LogP contribution in [0.4, 0.5) is 0 Å². The van der Waals surface area contributed by atoms with Crippen LogP contribution < -0.4 is 5.32 Å². The molecule has 0 fully saturated rings. The largest absolute Gasteiger partial charge is 0.306 e. The van der Waals surface area contributed by atoms with Gasteiger partial charge >= 0.3 is 0 Å². The van der Waals surface area contributed by atoms with Crippen LogP contribution in [0, 0.1) is 13.8 Å². The van der Waals surface area contributed by atoms with Gasteiger partial charge < -0.3 is 5.32 Å². The van der Waals surface area contributed by atoms with E-state index in [1.807, 2.05) is 12.3 Å². The van der Waals surface area contributed by atoms with Gasteiger partial charge in [-0.3, -0.25) is 4.98 Å². The van der Waals surface area contributed by atoms with Crippen LogP contribution in [-0.4, -0.2) is 11.5 Å². The molecule has 1 heterocycles. The Balaban J connectivity index is 2.40. The molecule has 2 nitrogen and oxygen atoms in total. The Morgan fingerprint density at radius 1 is 1.11 bits per heavy atom. The minimum atomic E-state index is 0.226. The van der Waals surface area contributed by atoms with Gasteiger partial charge in [0.25, 0.3) is 0 Å². The Labute approximate surface area is 109 Å². The molecular formula is C16H20N2. The van der Waals surface area contributed by atoms with Crippen LogP contribution in [-0.2, 0) is 0 Å². The molecule has 1 aromatic heterocycles. The van der Waals surface area contributed by atoms with Crippen molar-refractivity contribution in [2.45, 2.75) is 26.8 Å². The van der Waals surface area contributed by atoms with Crippen molar-refractivity contribution < 1.29 is 0 Å². The zero-order chi connectivity index (χ0) is 13.0. The average Bonchev–Trinajstić information content (AvgIpc) is 2.38. The topological polar surface area (TPSA) is 24.9 Å². The van der Waals surface area contributed by atoms with Gasteiger partial charge in [0.05, 0.1) is 6.04 Å². The summed E-state index contributed by atoms with van der Waals surface area (Å²) >= 11 is 0. The Hall–Kier alpha value is -1.67. The monoisotopic (exact) mass is 240 g/mol. The molecular weight excluding hydrogens is 220 g/mol. The van der Waals surface area contributed by atoms with E-state index in [-0.39, 0.29) is 6.04 Å². The number of hydrogen-bond donors (Lipinski definition) is 1. The molecule has 1 N–H and O–H groups in total. The molecule has 0 saturated carbocycles. The summed E-state index contributed by atoms with van der Waals surface area (Å²) in [5, 5.41) is 3.54. The van der Waals surface area contributed by atoms with Gasteiger partial charge in [-0.2, -0.15) is 0 Å². The molecule has 0 spiro atoms. The molecule has 94 valence electrons. The average molecular weight is 240 g/mol. The quantitative estimate of drug-likeness (QED) is 0.886. The lowest BCUT2D eigenvalue weighted by Crippen LogP contribution is -2.23. The predicted octanol–water partition coefficient (Wildman–Crippen LogP) is 3.40. The van der Waals surface area contributed by atoms with Crippen molar-refractivity contribution in [3.8, 4) is 0 Å². The van der Waals surface area contributed by atoms with Crippen molar-refractivity contribution in [3.63, 3.8) is 0 Å². The second kappa shape index (κ2) is 5.78. The summed E-state index contributed by atoms with van der Waals surface area (Å²) in [4.78, 5) is 4.39. The maximum atomic E-state index is 4.39. The van der Waals surface area contributed by atoms with Crippen LogP contribution >= 0.6 is 0 Å². The minimum Gasteiger partial charge on any atom is -0.306 e. The van der Waals surface area contributed by atoms with E-state index >= 15 is 0 Å². The summed E-state index contributed by atoms with van der Waals surface area (Å²) in [5.74, 6) is 0. The molecule has 1 atom stereocenters. The smallest absolute Gasteiger partial charge is 0.0594 e. The molecule has 0 aliphatic carbocycles. The normalized spacial score (nSPS) is 12.4. The molecule has 0 aliphatic heterocycles. The Kier molecular flexibility index (Phi) is 4.11. The van der Waals surface area contributed by atoms with E-state index in [2.05, 4.69) is 61.4 Å². The third-order valence-corrected chi connectivity index (χ3v) is 3.18. The van der Waals surface area contributed by atoms with Crippen molar-refractivity contribution in [2.75, 3.05) is 6.54 Å². The van der Waals surface area contributed by atoms with Gasteiger partial charge in [0.1, 0.15) is 0 Å². The number of nitrogens with one attached hydrogen (secondary N) is 1. The Bertz CT molecular complexity index is 503. The van der Waals surface area contributed by atoms with E-state index < -0.39 is 0 Å². The van der Waals surface area contributed by atoms with Crippen molar-refractivity contribution in [1.82, 2.24) is 10.3 Å². The van der Waals surface area contributed by atoms with Crippen LogP contribution in [0.15, 0.2) is 42.6 Å². The van der Waals surface area contributed by atoms with Crippen molar-refractivity contribution in [2.24, 2.45) is 0 Å². The van der Waals surface area contributed by atoms with Gasteiger partial charge in [-0.15, -0.1) is 0 Å². The lowest BCUT2D eigenvalue weighted by Gasteiger charge is -2.20. The first kappa shape index (κ1) is 12.8. The zero-order valence-electron chi connectivity index (χ0n) is 11.3. The lowest BCUT2D eigenvalue weighted by atomic mass is 9.97. The van der Waals surface area contributed by atoms with Crippen LogP contribution in [0.1, 0.15) is 35.3 Å². The summed E-state index contributed by atoms with van der Waals surface area (Å²) in [5.41, 5.74) is 4.92. The van der Waals surface area contributed by atoms with Gasteiger partial charge in [-0.05, 0) is 37.6 Å². The second-order valence-electron chi connectivity index (χ2n) is 4.58. The van der Waals surface area contributed by atoms with Crippen LogP contribution in [0.3, 0.4) is 0 Å². The van der Waals surface area contributed by atoms with E-state index in [4.69, 9.17) is 0 Å². The fourth-order valence-electron chi connectivity index (χ4n) is 2.17. The molecule has 0 aliphatic rings. The highest BCUT2D eigenvalue weighted by Gasteiger charge is 2.14. The molecule has 0 radical (unpaired) electrons. The van der Waals surface area contributed by atoms with Gasteiger partial charge in [-0.25, -0.2) is 0 Å². The van der Waals surface area contributed by atoms with E-state index in [1.54, 1.807) is 0 Å². The molecule has 1 unspecified atom stereocenters. The fraction of sp³-hybridized carbons (Fsp3) is 0.312. The zero-order valence-corrected chi connectivity index (χ0v) is 11.3. The number of aromatic nitrogens is 1. The third-order valence-electron chi connectivity index (χ3n) is 3.18.